The summed E-state index contributed by atoms with van der Waals surface area (Å²) in [5.74, 6) is -3.91. The predicted molar refractivity (Wildman–Crippen MR) is 192 cm³/mol. The summed E-state index contributed by atoms with van der Waals surface area (Å²) in [7, 11) is 0. The van der Waals surface area contributed by atoms with E-state index in [1.807, 2.05) is 98.8 Å². The van der Waals surface area contributed by atoms with Gasteiger partial charge in [0.15, 0.2) is 0 Å². The number of ether oxygens (including phenoxy) is 2. The number of nitrogens with one attached hydrogen (secondary N) is 1. The number of amides is 3. The first-order valence-corrected chi connectivity index (χ1v) is 18.0. The summed E-state index contributed by atoms with van der Waals surface area (Å²) in [5, 5.41) is 15.8. The van der Waals surface area contributed by atoms with Crippen LogP contribution in [0.25, 0.3) is 10.8 Å². The fraction of sp³-hybridized carbons (Fsp3) is 0.415. The number of aliphatic hydroxyl groups excluding tert-OH is 1. The summed E-state index contributed by atoms with van der Waals surface area (Å²) in [6.07, 6.45) is 6.90. The second kappa shape index (κ2) is 14.1. The van der Waals surface area contributed by atoms with Crippen LogP contribution in [-0.2, 0) is 28.7 Å². The van der Waals surface area contributed by atoms with Gasteiger partial charge in [0.2, 0.25) is 11.8 Å². The SMILES string of the molecule is CC[C@H](C)[C@H](CO)N1C(=O)[C@@H]2[C@H]3C(=O)O[C@@H](c4ccccc4)[C@H](C)NC(=O)CC/C=C\CN(c4ccc5ccccc5c4)C(=O)[C@@H]1[C@]21C=C[C@H]3O1. The molecule has 3 amide bonds. The van der Waals surface area contributed by atoms with Crippen molar-refractivity contribution in [3.8, 4) is 0 Å². The maximum Gasteiger partial charge on any atom is 0.313 e. The summed E-state index contributed by atoms with van der Waals surface area (Å²) in [6, 6.07) is 20.4. The fourth-order valence-corrected chi connectivity index (χ4v) is 8.36. The van der Waals surface area contributed by atoms with Gasteiger partial charge in [-0.15, -0.1) is 0 Å². The van der Waals surface area contributed by atoms with Gasteiger partial charge in [-0.2, -0.15) is 0 Å². The highest BCUT2D eigenvalue weighted by molar-refractivity contribution is 6.06. The van der Waals surface area contributed by atoms with Crippen molar-refractivity contribution < 1.29 is 33.8 Å². The molecule has 10 heteroatoms. The lowest BCUT2D eigenvalue weighted by Gasteiger charge is -2.40. The minimum Gasteiger partial charge on any atom is -0.455 e. The van der Waals surface area contributed by atoms with Crippen molar-refractivity contribution in [3.63, 3.8) is 0 Å². The van der Waals surface area contributed by atoms with Crippen molar-refractivity contribution >= 4 is 40.2 Å². The first-order chi connectivity index (χ1) is 24.7. The van der Waals surface area contributed by atoms with Gasteiger partial charge in [-0.05, 0) is 47.7 Å². The van der Waals surface area contributed by atoms with Gasteiger partial charge < -0.3 is 29.7 Å². The molecule has 4 aliphatic rings. The van der Waals surface area contributed by atoms with Gasteiger partial charge in [-0.3, -0.25) is 19.2 Å². The number of carbonyl (C=O) groups is 4. The predicted octanol–water partition coefficient (Wildman–Crippen LogP) is 4.87. The quantitative estimate of drug-likeness (QED) is 0.279. The van der Waals surface area contributed by atoms with Crippen LogP contribution in [0.1, 0.15) is 51.7 Å². The molecule has 2 fully saturated rings. The Labute approximate surface area is 298 Å². The molecule has 2 N–H and O–H groups in total. The van der Waals surface area contributed by atoms with Crippen LogP contribution in [0, 0.1) is 17.8 Å². The van der Waals surface area contributed by atoms with Crippen LogP contribution in [0.2, 0.25) is 0 Å². The first-order valence-electron chi connectivity index (χ1n) is 18.0. The van der Waals surface area contributed by atoms with E-state index in [-0.39, 0.29) is 37.3 Å². The second-order valence-electron chi connectivity index (χ2n) is 14.2. The Morgan fingerprint density at radius 3 is 2.45 bits per heavy atom. The molecule has 3 aromatic rings. The number of hydrogen-bond donors (Lipinski definition) is 2. The average molecular weight is 692 g/mol. The van der Waals surface area contributed by atoms with Crippen LogP contribution in [0.3, 0.4) is 0 Å². The van der Waals surface area contributed by atoms with Crippen molar-refractivity contribution in [1.29, 1.82) is 0 Å². The monoisotopic (exact) mass is 691 g/mol. The molecule has 4 aliphatic heterocycles. The summed E-state index contributed by atoms with van der Waals surface area (Å²) >= 11 is 0. The number of nitrogens with zero attached hydrogens (tertiary/aromatic N) is 2. The molecule has 7 rings (SSSR count). The van der Waals surface area contributed by atoms with Gasteiger partial charge in [0.1, 0.15) is 23.7 Å². The van der Waals surface area contributed by atoms with Crippen molar-refractivity contribution in [1.82, 2.24) is 10.2 Å². The maximum absolute atomic E-state index is 15.3. The number of allylic oxidation sites excluding steroid dienone is 1. The zero-order valence-corrected chi connectivity index (χ0v) is 29.2. The fourth-order valence-electron chi connectivity index (χ4n) is 8.36. The van der Waals surface area contributed by atoms with Crippen molar-refractivity contribution in [3.05, 3.63) is 103 Å². The third kappa shape index (κ3) is 6.04. The Kier molecular flexibility index (Phi) is 9.56. The summed E-state index contributed by atoms with van der Waals surface area (Å²) in [4.78, 5) is 60.8. The van der Waals surface area contributed by atoms with E-state index in [2.05, 4.69) is 5.32 Å². The van der Waals surface area contributed by atoms with Crippen molar-refractivity contribution in [2.45, 2.75) is 76.0 Å². The Bertz CT molecular complexity index is 1880. The Morgan fingerprint density at radius 1 is 0.961 bits per heavy atom. The number of benzene rings is 3. The van der Waals surface area contributed by atoms with Gasteiger partial charge in [-0.1, -0.05) is 105 Å². The van der Waals surface area contributed by atoms with E-state index in [0.717, 1.165) is 10.8 Å². The molecule has 0 unspecified atom stereocenters. The van der Waals surface area contributed by atoms with Crippen LogP contribution in [-0.4, -0.2) is 76.7 Å². The molecule has 9 atom stereocenters. The van der Waals surface area contributed by atoms with Crippen LogP contribution in [0.15, 0.2) is 97.1 Å². The number of esters is 1. The van der Waals surface area contributed by atoms with Crippen LogP contribution in [0.4, 0.5) is 5.69 Å². The molecule has 0 aromatic heterocycles. The van der Waals surface area contributed by atoms with Gasteiger partial charge >= 0.3 is 5.97 Å². The number of rotatable bonds is 6. The topological polar surface area (TPSA) is 125 Å². The molecule has 1 spiro atoms. The lowest BCUT2D eigenvalue weighted by molar-refractivity contribution is -0.161. The molecule has 10 nitrogen and oxygen atoms in total. The van der Waals surface area contributed by atoms with Crippen LogP contribution in [0.5, 0.6) is 0 Å². The molecule has 2 saturated heterocycles. The highest BCUT2D eigenvalue weighted by atomic mass is 16.6. The van der Waals surface area contributed by atoms with Gasteiger partial charge in [0, 0.05) is 18.7 Å². The summed E-state index contributed by atoms with van der Waals surface area (Å²) in [5.41, 5.74) is -0.137. The van der Waals surface area contributed by atoms with E-state index < -0.39 is 59.6 Å². The first kappa shape index (κ1) is 34.6. The molecule has 3 aromatic carbocycles. The number of aliphatic hydroxyl groups is 1. The number of likely N-dealkylation sites (tertiary alicyclic amines) is 1. The molecule has 5 bridgehead atoms. The zero-order valence-electron chi connectivity index (χ0n) is 29.2. The molecule has 266 valence electrons. The van der Waals surface area contributed by atoms with Crippen LogP contribution < -0.4 is 10.2 Å². The highest BCUT2D eigenvalue weighted by Crippen LogP contribution is 2.57. The summed E-state index contributed by atoms with van der Waals surface area (Å²) < 4.78 is 12.9. The molecular weight excluding hydrogens is 646 g/mol. The lowest BCUT2D eigenvalue weighted by Crippen LogP contribution is -2.59. The van der Waals surface area contributed by atoms with Crippen LogP contribution >= 0.6 is 0 Å². The van der Waals surface area contributed by atoms with Crippen molar-refractivity contribution in [2.24, 2.45) is 17.8 Å². The van der Waals surface area contributed by atoms with Gasteiger partial charge in [0.05, 0.1) is 30.7 Å². The summed E-state index contributed by atoms with van der Waals surface area (Å²) in [6.45, 7) is 5.52. The largest absolute Gasteiger partial charge is 0.455 e. The smallest absolute Gasteiger partial charge is 0.313 e. The Balaban J connectivity index is 1.36. The van der Waals surface area contributed by atoms with E-state index in [0.29, 0.717) is 24.1 Å². The Hall–Kier alpha value is -4.80. The molecule has 4 heterocycles. The molecular formula is C41H45N3O7. The normalized spacial score (nSPS) is 31.4. The van der Waals surface area contributed by atoms with E-state index in [9.17, 15) is 19.5 Å². The molecule has 0 aliphatic carbocycles. The third-order valence-electron chi connectivity index (χ3n) is 11.2. The lowest BCUT2D eigenvalue weighted by atomic mass is 9.74. The number of anilines is 1. The number of carbonyl (C=O) groups excluding carboxylic acids is 4. The Morgan fingerprint density at radius 2 is 1.71 bits per heavy atom. The standard InChI is InChI=1S/C41H45N3O7/c1-4-25(2)31(24-45)44-37-39(48)43(30-19-18-27-13-10-11-16-29(27)23-30)22-12-6-9-17-33(46)42-26(3)36(28-14-7-5-8-15-28)50-40(49)34-32-20-21-41(37,51-32)35(34)38(44)47/h5-8,10-16,18-21,23,25-26,31-32,34-37,45H,4,9,17,22,24H2,1-3H3,(H,42,46)/b12-6-/t25-,26-,31-,32+,34-,35-,36+,37+,41-/m0/s1. The molecule has 0 radical (unpaired) electrons. The zero-order chi connectivity index (χ0) is 35.9. The number of fused-ring (bicyclic) bond motifs is 3. The molecule has 51 heavy (non-hydrogen) atoms. The number of cyclic esters (lactones) is 1. The third-order valence-corrected chi connectivity index (χ3v) is 11.2. The van der Waals surface area contributed by atoms with E-state index in [4.69, 9.17) is 9.47 Å². The second-order valence-corrected chi connectivity index (χ2v) is 14.2. The minimum absolute atomic E-state index is 0.158. The van der Waals surface area contributed by atoms with Gasteiger partial charge in [0.25, 0.3) is 5.91 Å². The van der Waals surface area contributed by atoms with Crippen molar-refractivity contribution in [2.75, 3.05) is 18.1 Å². The minimum atomic E-state index is -1.46. The average Bonchev–Trinajstić information content (AvgIpc) is 3.79. The van der Waals surface area contributed by atoms with E-state index in [1.165, 1.54) is 4.90 Å². The maximum atomic E-state index is 15.3. The van der Waals surface area contributed by atoms with Gasteiger partial charge in [-0.25, -0.2) is 0 Å². The molecule has 0 saturated carbocycles. The van der Waals surface area contributed by atoms with E-state index >= 15 is 4.79 Å². The van der Waals surface area contributed by atoms with E-state index in [1.54, 1.807) is 24.0 Å². The number of hydrogen-bond acceptors (Lipinski definition) is 7. The highest BCUT2D eigenvalue weighted by Gasteiger charge is 2.74.